The fourth-order valence-corrected chi connectivity index (χ4v) is 0.995. The van der Waals surface area contributed by atoms with E-state index >= 15 is 0 Å². The molecule has 0 radical (unpaired) electrons. The second-order valence-electron chi connectivity index (χ2n) is 2.65. The molecule has 0 aromatic heterocycles. The van der Waals surface area contributed by atoms with Gasteiger partial charge in [0.05, 0.1) is 0 Å². The molecule has 0 fully saturated rings. The fraction of sp³-hybridized carbons (Fsp3) is 0.875. The second kappa shape index (κ2) is 7.07. The van der Waals surface area contributed by atoms with Crippen molar-refractivity contribution in [2.24, 2.45) is 5.92 Å². The molecule has 1 nitrogen and oxygen atoms in total. The Hall–Kier alpha value is -0.0400. The summed E-state index contributed by atoms with van der Waals surface area (Å²) in [5.41, 5.74) is 0. The van der Waals surface area contributed by atoms with Crippen molar-refractivity contribution < 1.29 is 4.79 Å². The molecule has 0 aromatic carbocycles. The van der Waals surface area contributed by atoms with Gasteiger partial charge >= 0.3 is 0 Å². The molecule has 0 amide bonds. The van der Waals surface area contributed by atoms with Gasteiger partial charge in [0.25, 0.3) is 0 Å². The highest BCUT2D eigenvalue weighted by Crippen LogP contribution is 2.06. The van der Waals surface area contributed by atoms with Crippen LogP contribution >= 0.6 is 11.6 Å². The highest BCUT2D eigenvalue weighted by molar-refractivity contribution is 6.17. The van der Waals surface area contributed by atoms with E-state index in [9.17, 15) is 4.79 Å². The molecule has 1 unspecified atom stereocenters. The van der Waals surface area contributed by atoms with Crippen LogP contribution in [0.5, 0.6) is 0 Å². The van der Waals surface area contributed by atoms with Crippen molar-refractivity contribution in [3.8, 4) is 0 Å². The average Bonchev–Trinajstić information content (AvgIpc) is 1.98. The summed E-state index contributed by atoms with van der Waals surface area (Å²) in [6.07, 6.45) is 5.39. The number of unbranched alkanes of at least 4 members (excludes halogenated alkanes) is 2. The van der Waals surface area contributed by atoms with Gasteiger partial charge in [-0.3, -0.25) is 0 Å². The monoisotopic (exact) mass is 162 g/mol. The molecule has 0 aliphatic heterocycles. The van der Waals surface area contributed by atoms with Crippen molar-refractivity contribution >= 4 is 17.9 Å². The van der Waals surface area contributed by atoms with Crippen molar-refractivity contribution in [3.05, 3.63) is 0 Å². The molecule has 0 heterocycles. The molecular formula is C8H15ClO. The first kappa shape index (κ1) is 9.96. The molecular weight excluding hydrogens is 148 g/mol. The van der Waals surface area contributed by atoms with Crippen molar-refractivity contribution in [1.82, 2.24) is 0 Å². The number of carbonyl (C=O) groups is 1. The summed E-state index contributed by atoms with van der Waals surface area (Å²) < 4.78 is 0. The zero-order valence-electron chi connectivity index (χ0n) is 6.48. The van der Waals surface area contributed by atoms with Crippen LogP contribution in [0.1, 0.15) is 32.6 Å². The van der Waals surface area contributed by atoms with Gasteiger partial charge < -0.3 is 4.79 Å². The van der Waals surface area contributed by atoms with Crippen LogP contribution in [0.25, 0.3) is 0 Å². The maximum Gasteiger partial charge on any atom is 0.122 e. The van der Waals surface area contributed by atoms with Crippen LogP contribution in [-0.4, -0.2) is 12.2 Å². The van der Waals surface area contributed by atoms with Crippen LogP contribution in [0.15, 0.2) is 0 Å². The predicted molar refractivity (Wildman–Crippen MR) is 44.4 cm³/mol. The van der Waals surface area contributed by atoms with E-state index in [4.69, 9.17) is 11.6 Å². The van der Waals surface area contributed by atoms with Crippen LogP contribution in [0.4, 0.5) is 0 Å². The Bertz CT molecular complexity index is 83.3. The van der Waals surface area contributed by atoms with Gasteiger partial charge in [0.15, 0.2) is 0 Å². The van der Waals surface area contributed by atoms with Crippen LogP contribution in [0.2, 0.25) is 0 Å². The molecule has 2 heteroatoms. The van der Waals surface area contributed by atoms with E-state index in [0.29, 0.717) is 0 Å². The minimum Gasteiger partial charge on any atom is -0.303 e. The summed E-state index contributed by atoms with van der Waals surface area (Å²) in [6.45, 7) is 1.95. The number of hydrogen-bond acceptors (Lipinski definition) is 1. The molecule has 0 aliphatic carbocycles. The quantitative estimate of drug-likeness (QED) is 0.334. The predicted octanol–water partition coefficient (Wildman–Crippen LogP) is 2.62. The van der Waals surface area contributed by atoms with Gasteiger partial charge in [0.1, 0.15) is 6.29 Å². The van der Waals surface area contributed by atoms with Gasteiger partial charge in [-0.25, -0.2) is 0 Å². The first-order valence-corrected chi connectivity index (χ1v) is 4.36. The minimum atomic E-state index is 0.232. The van der Waals surface area contributed by atoms with Crippen molar-refractivity contribution in [3.63, 3.8) is 0 Å². The normalized spacial score (nSPS) is 13.0. The number of hydrogen-bond donors (Lipinski definition) is 0. The Morgan fingerprint density at radius 3 is 2.60 bits per heavy atom. The van der Waals surface area contributed by atoms with E-state index in [1.54, 1.807) is 0 Å². The fourth-order valence-electron chi connectivity index (χ4n) is 0.806. The van der Waals surface area contributed by atoms with E-state index in [2.05, 4.69) is 0 Å². The van der Waals surface area contributed by atoms with Gasteiger partial charge in [-0.05, 0) is 12.8 Å². The number of rotatable bonds is 6. The largest absolute Gasteiger partial charge is 0.303 e. The first-order chi connectivity index (χ1) is 4.81. The third-order valence-corrected chi connectivity index (χ3v) is 1.79. The van der Waals surface area contributed by atoms with Gasteiger partial charge in [-0.15, -0.1) is 11.6 Å². The van der Waals surface area contributed by atoms with E-state index in [1.165, 1.54) is 0 Å². The summed E-state index contributed by atoms with van der Waals surface area (Å²) >= 11 is 5.48. The third kappa shape index (κ3) is 6.09. The number of alkyl halides is 1. The Balaban J connectivity index is 2.95. The van der Waals surface area contributed by atoms with Crippen LogP contribution in [0, 0.1) is 5.92 Å². The highest BCUT2D eigenvalue weighted by atomic mass is 35.5. The summed E-state index contributed by atoms with van der Waals surface area (Å²) in [4.78, 5) is 10.1. The molecule has 0 bridgehead atoms. The average molecular weight is 163 g/mol. The lowest BCUT2D eigenvalue weighted by Gasteiger charge is -2.00. The van der Waals surface area contributed by atoms with Crippen molar-refractivity contribution in [2.75, 3.05) is 5.88 Å². The van der Waals surface area contributed by atoms with E-state index in [0.717, 1.165) is 37.8 Å². The van der Waals surface area contributed by atoms with Gasteiger partial charge in [-0.2, -0.15) is 0 Å². The lowest BCUT2D eigenvalue weighted by atomic mass is 10.1. The molecule has 0 aliphatic rings. The molecule has 60 valence electrons. The summed E-state index contributed by atoms with van der Waals surface area (Å²) in [6, 6.07) is 0. The van der Waals surface area contributed by atoms with Crippen LogP contribution in [-0.2, 0) is 4.79 Å². The third-order valence-electron chi connectivity index (χ3n) is 1.53. The number of halogens is 1. The Kier molecular flexibility index (Phi) is 7.04. The molecule has 1 atom stereocenters. The number of aldehydes is 1. The van der Waals surface area contributed by atoms with E-state index in [-0.39, 0.29) is 5.92 Å². The second-order valence-corrected chi connectivity index (χ2v) is 3.03. The first-order valence-electron chi connectivity index (χ1n) is 3.82. The molecule has 0 spiro atoms. The van der Waals surface area contributed by atoms with Crippen molar-refractivity contribution in [1.29, 1.82) is 0 Å². The Morgan fingerprint density at radius 1 is 1.40 bits per heavy atom. The molecule has 0 N–H and O–H groups in total. The zero-order chi connectivity index (χ0) is 7.82. The van der Waals surface area contributed by atoms with Crippen LogP contribution in [0.3, 0.4) is 0 Å². The number of carbonyl (C=O) groups excluding carboxylic acids is 1. The molecule has 0 rings (SSSR count). The maximum atomic E-state index is 10.1. The maximum absolute atomic E-state index is 10.1. The zero-order valence-corrected chi connectivity index (χ0v) is 7.23. The summed E-state index contributed by atoms with van der Waals surface area (Å²) in [5, 5.41) is 0. The Morgan fingerprint density at radius 2 is 2.10 bits per heavy atom. The van der Waals surface area contributed by atoms with Crippen LogP contribution < -0.4 is 0 Å². The molecule has 0 saturated heterocycles. The Labute approximate surface area is 67.8 Å². The molecule has 0 aromatic rings. The highest BCUT2D eigenvalue weighted by Gasteiger charge is 1.97. The van der Waals surface area contributed by atoms with Crippen molar-refractivity contribution in [2.45, 2.75) is 32.6 Å². The van der Waals surface area contributed by atoms with Gasteiger partial charge in [0.2, 0.25) is 0 Å². The molecule has 10 heavy (non-hydrogen) atoms. The lowest BCUT2D eigenvalue weighted by molar-refractivity contribution is -0.110. The van der Waals surface area contributed by atoms with Gasteiger partial charge in [0, 0.05) is 11.8 Å². The molecule has 0 saturated carbocycles. The van der Waals surface area contributed by atoms with E-state index < -0.39 is 0 Å². The summed E-state index contributed by atoms with van der Waals surface area (Å²) in [5.74, 6) is 0.977. The topological polar surface area (TPSA) is 17.1 Å². The smallest absolute Gasteiger partial charge is 0.122 e. The van der Waals surface area contributed by atoms with E-state index in [1.807, 2.05) is 6.92 Å². The van der Waals surface area contributed by atoms with Gasteiger partial charge in [-0.1, -0.05) is 19.8 Å². The SMILES string of the molecule is CC(C=O)CCCCCCl. The standard InChI is InChI=1S/C8H15ClO/c1-8(7-10)5-3-2-4-6-9/h7-8H,2-6H2,1H3. The minimum absolute atomic E-state index is 0.232. The summed E-state index contributed by atoms with van der Waals surface area (Å²) in [7, 11) is 0. The lowest BCUT2D eigenvalue weighted by Crippen LogP contribution is -1.94.